The van der Waals surface area contributed by atoms with E-state index in [1.165, 1.54) is 0 Å². The fourth-order valence-electron chi connectivity index (χ4n) is 3.30. The fraction of sp³-hybridized carbons (Fsp3) is 0.333. The summed E-state index contributed by atoms with van der Waals surface area (Å²) in [6, 6.07) is 15.7. The Hall–Kier alpha value is -2.62. The third-order valence-corrected chi connectivity index (χ3v) is 5.02. The summed E-state index contributed by atoms with van der Waals surface area (Å²) in [5.41, 5.74) is 4.22. The van der Waals surface area contributed by atoms with E-state index in [4.69, 9.17) is 0 Å². The van der Waals surface area contributed by atoms with E-state index < -0.39 is 0 Å². The van der Waals surface area contributed by atoms with Crippen LogP contribution in [0.5, 0.6) is 0 Å². The molecule has 1 heterocycles. The second kappa shape index (κ2) is 7.09. The molecule has 1 aliphatic rings. The van der Waals surface area contributed by atoms with E-state index >= 15 is 0 Å². The maximum absolute atomic E-state index is 12.6. The topological polar surface area (TPSA) is 49.4 Å². The van der Waals surface area contributed by atoms with Gasteiger partial charge < -0.3 is 10.2 Å². The van der Waals surface area contributed by atoms with Gasteiger partial charge in [-0.1, -0.05) is 42.5 Å². The Morgan fingerprint density at radius 1 is 1.12 bits per heavy atom. The number of hydrogen-bond donors (Lipinski definition) is 1. The standard InChI is InChI=1S/C21H24N2O2/c1-14-8-7-11-19(15(14)2)23-13-18(12-20(23)24)21(25)22-16(3)17-9-5-4-6-10-17/h4-11,16,18H,12-13H2,1-3H3,(H,22,25). The van der Waals surface area contributed by atoms with E-state index in [1.54, 1.807) is 4.90 Å². The average Bonchev–Trinajstić information content (AvgIpc) is 3.00. The van der Waals surface area contributed by atoms with Crippen LogP contribution in [0.3, 0.4) is 0 Å². The van der Waals surface area contributed by atoms with Gasteiger partial charge in [-0.15, -0.1) is 0 Å². The van der Waals surface area contributed by atoms with Crippen LogP contribution in [-0.4, -0.2) is 18.4 Å². The second-order valence-electron chi connectivity index (χ2n) is 6.77. The minimum absolute atomic E-state index is 0.0150. The molecule has 2 unspecified atom stereocenters. The Balaban J connectivity index is 1.70. The van der Waals surface area contributed by atoms with Gasteiger partial charge in [-0.3, -0.25) is 9.59 Å². The number of benzene rings is 2. The van der Waals surface area contributed by atoms with Crippen LogP contribution in [0.2, 0.25) is 0 Å². The molecular weight excluding hydrogens is 312 g/mol. The molecule has 25 heavy (non-hydrogen) atoms. The van der Waals surface area contributed by atoms with Crippen molar-refractivity contribution < 1.29 is 9.59 Å². The highest BCUT2D eigenvalue weighted by atomic mass is 16.2. The largest absolute Gasteiger partial charge is 0.349 e. The normalized spacial score (nSPS) is 18.3. The van der Waals surface area contributed by atoms with Crippen molar-refractivity contribution in [3.8, 4) is 0 Å². The van der Waals surface area contributed by atoms with Gasteiger partial charge in [-0.25, -0.2) is 0 Å². The Morgan fingerprint density at radius 2 is 1.84 bits per heavy atom. The van der Waals surface area contributed by atoms with E-state index in [9.17, 15) is 9.59 Å². The molecule has 4 heteroatoms. The molecule has 0 saturated carbocycles. The smallest absolute Gasteiger partial charge is 0.227 e. The zero-order valence-corrected chi connectivity index (χ0v) is 15.0. The van der Waals surface area contributed by atoms with Crippen molar-refractivity contribution in [2.24, 2.45) is 5.92 Å². The molecule has 0 spiro atoms. The Labute approximate surface area is 148 Å². The number of nitrogens with zero attached hydrogens (tertiary/aromatic N) is 1. The Bertz CT molecular complexity index is 786. The van der Waals surface area contributed by atoms with Crippen molar-refractivity contribution in [1.82, 2.24) is 5.32 Å². The maximum atomic E-state index is 12.6. The van der Waals surface area contributed by atoms with E-state index in [1.807, 2.05) is 69.3 Å². The SMILES string of the molecule is Cc1cccc(N2CC(C(=O)NC(C)c3ccccc3)CC2=O)c1C. The first-order valence-corrected chi connectivity index (χ1v) is 8.69. The summed E-state index contributed by atoms with van der Waals surface area (Å²) < 4.78 is 0. The molecule has 3 rings (SSSR count). The number of anilines is 1. The van der Waals surface area contributed by atoms with Gasteiger partial charge in [-0.05, 0) is 43.5 Å². The zero-order valence-electron chi connectivity index (χ0n) is 15.0. The van der Waals surface area contributed by atoms with Crippen molar-refractivity contribution >= 4 is 17.5 Å². The van der Waals surface area contributed by atoms with Crippen LogP contribution >= 0.6 is 0 Å². The molecule has 2 aromatic rings. The van der Waals surface area contributed by atoms with E-state index in [0.717, 1.165) is 22.4 Å². The summed E-state index contributed by atoms with van der Waals surface area (Å²) in [7, 11) is 0. The molecule has 2 atom stereocenters. The summed E-state index contributed by atoms with van der Waals surface area (Å²) in [6.45, 7) is 6.46. The number of nitrogens with one attached hydrogen (secondary N) is 1. The number of carbonyl (C=O) groups excluding carboxylic acids is 2. The van der Waals surface area contributed by atoms with Crippen molar-refractivity contribution in [1.29, 1.82) is 0 Å². The van der Waals surface area contributed by atoms with Gasteiger partial charge in [0.1, 0.15) is 0 Å². The van der Waals surface area contributed by atoms with Crippen molar-refractivity contribution in [3.05, 3.63) is 65.2 Å². The first kappa shape index (κ1) is 17.2. The quantitative estimate of drug-likeness (QED) is 0.928. The third kappa shape index (κ3) is 3.58. The Morgan fingerprint density at radius 3 is 2.56 bits per heavy atom. The average molecular weight is 336 g/mol. The highest BCUT2D eigenvalue weighted by Gasteiger charge is 2.36. The summed E-state index contributed by atoms with van der Waals surface area (Å²) in [6.07, 6.45) is 0.265. The van der Waals surface area contributed by atoms with Crippen LogP contribution in [0, 0.1) is 19.8 Å². The third-order valence-electron chi connectivity index (χ3n) is 5.02. The monoisotopic (exact) mass is 336 g/mol. The van der Waals surface area contributed by atoms with E-state index in [-0.39, 0.29) is 30.2 Å². The lowest BCUT2D eigenvalue weighted by Crippen LogP contribution is -2.34. The molecule has 0 bridgehead atoms. The van der Waals surface area contributed by atoms with Crippen molar-refractivity contribution in [3.63, 3.8) is 0 Å². The molecule has 1 N–H and O–H groups in total. The van der Waals surface area contributed by atoms with Gasteiger partial charge in [0.15, 0.2) is 0 Å². The fourth-order valence-corrected chi connectivity index (χ4v) is 3.30. The summed E-state index contributed by atoms with van der Waals surface area (Å²) in [5.74, 6) is -0.350. The number of amides is 2. The first-order chi connectivity index (χ1) is 12.0. The predicted molar refractivity (Wildman–Crippen MR) is 99.4 cm³/mol. The van der Waals surface area contributed by atoms with Gasteiger partial charge in [0.2, 0.25) is 11.8 Å². The van der Waals surface area contributed by atoms with E-state index in [2.05, 4.69) is 5.32 Å². The molecular formula is C21H24N2O2. The highest BCUT2D eigenvalue weighted by Crippen LogP contribution is 2.29. The molecule has 1 fully saturated rings. The number of aryl methyl sites for hydroxylation is 1. The summed E-state index contributed by atoms with van der Waals surface area (Å²) in [4.78, 5) is 26.8. The lowest BCUT2D eigenvalue weighted by Gasteiger charge is -2.21. The number of carbonyl (C=O) groups is 2. The Kier molecular flexibility index (Phi) is 4.88. The zero-order chi connectivity index (χ0) is 18.0. The molecule has 4 nitrogen and oxygen atoms in total. The van der Waals surface area contributed by atoms with Gasteiger partial charge in [0.25, 0.3) is 0 Å². The van der Waals surface area contributed by atoms with Crippen LogP contribution in [0.1, 0.15) is 36.1 Å². The van der Waals surface area contributed by atoms with Crippen LogP contribution in [-0.2, 0) is 9.59 Å². The van der Waals surface area contributed by atoms with Crippen LogP contribution < -0.4 is 10.2 Å². The number of rotatable bonds is 4. The van der Waals surface area contributed by atoms with Crippen molar-refractivity contribution in [2.75, 3.05) is 11.4 Å². The second-order valence-corrected chi connectivity index (χ2v) is 6.77. The molecule has 130 valence electrons. The van der Waals surface area contributed by atoms with Gasteiger partial charge in [0, 0.05) is 18.7 Å². The van der Waals surface area contributed by atoms with Crippen LogP contribution in [0.25, 0.3) is 0 Å². The highest BCUT2D eigenvalue weighted by molar-refractivity contribution is 6.01. The summed E-state index contributed by atoms with van der Waals surface area (Å²) >= 11 is 0. The molecule has 0 radical (unpaired) electrons. The molecule has 0 aromatic heterocycles. The maximum Gasteiger partial charge on any atom is 0.227 e. The lowest BCUT2D eigenvalue weighted by atomic mass is 10.0. The molecule has 0 aliphatic carbocycles. The van der Waals surface area contributed by atoms with Crippen molar-refractivity contribution in [2.45, 2.75) is 33.2 Å². The minimum atomic E-state index is -0.307. The molecule has 1 saturated heterocycles. The molecule has 2 amide bonds. The summed E-state index contributed by atoms with van der Waals surface area (Å²) in [5, 5.41) is 3.04. The number of hydrogen-bond acceptors (Lipinski definition) is 2. The van der Waals surface area contributed by atoms with Gasteiger partial charge in [-0.2, -0.15) is 0 Å². The van der Waals surface area contributed by atoms with E-state index in [0.29, 0.717) is 6.54 Å². The lowest BCUT2D eigenvalue weighted by molar-refractivity contribution is -0.126. The van der Waals surface area contributed by atoms with Crippen LogP contribution in [0.15, 0.2) is 48.5 Å². The predicted octanol–water partition coefficient (Wildman–Crippen LogP) is 3.53. The molecule has 1 aliphatic heterocycles. The first-order valence-electron chi connectivity index (χ1n) is 8.69. The van der Waals surface area contributed by atoms with Gasteiger partial charge in [0.05, 0.1) is 12.0 Å². The van der Waals surface area contributed by atoms with Gasteiger partial charge >= 0.3 is 0 Å². The van der Waals surface area contributed by atoms with Crippen LogP contribution in [0.4, 0.5) is 5.69 Å². The molecule has 2 aromatic carbocycles. The minimum Gasteiger partial charge on any atom is -0.349 e.